The topological polar surface area (TPSA) is 74.2 Å². The molecule has 0 saturated heterocycles. The van der Waals surface area contributed by atoms with Crippen LogP contribution >= 0.6 is 0 Å². The Hall–Kier alpha value is -2.63. The zero-order valence-electron chi connectivity index (χ0n) is 19.4. The van der Waals surface area contributed by atoms with Crippen LogP contribution < -0.4 is 9.47 Å². The molecule has 0 spiro atoms. The molecule has 1 heterocycles. The number of ether oxygens (including phenoxy) is 3. The number of rotatable bonds is 7. The average molecular weight is 428 g/mol. The van der Waals surface area contributed by atoms with E-state index in [0.717, 1.165) is 17.7 Å². The number of benzene rings is 1. The summed E-state index contributed by atoms with van der Waals surface area (Å²) in [6.45, 7) is 10.7. The van der Waals surface area contributed by atoms with E-state index < -0.39 is 11.8 Å². The fourth-order valence-electron chi connectivity index (χ4n) is 4.56. The molecule has 1 aliphatic carbocycles. The summed E-state index contributed by atoms with van der Waals surface area (Å²) in [4.78, 5) is 31.1. The Labute approximate surface area is 184 Å². The van der Waals surface area contributed by atoms with Crippen LogP contribution in [0.15, 0.2) is 34.5 Å². The fraction of sp³-hybridized carbons (Fsp3) is 0.560. The molecule has 3 rings (SSSR count). The van der Waals surface area contributed by atoms with E-state index >= 15 is 0 Å². The van der Waals surface area contributed by atoms with Gasteiger partial charge in [0, 0.05) is 29.3 Å². The lowest BCUT2D eigenvalue weighted by molar-refractivity contribution is -0.146. The number of hydrogen-bond acceptors (Lipinski definition) is 6. The fourth-order valence-corrected chi connectivity index (χ4v) is 4.56. The van der Waals surface area contributed by atoms with Crippen LogP contribution in [-0.4, -0.2) is 37.8 Å². The maximum atomic E-state index is 13.3. The van der Waals surface area contributed by atoms with Gasteiger partial charge in [-0.05, 0) is 49.8 Å². The molecule has 2 atom stereocenters. The molecule has 0 amide bonds. The summed E-state index contributed by atoms with van der Waals surface area (Å²) in [5.74, 6) is -0.182. The van der Waals surface area contributed by atoms with Gasteiger partial charge in [-0.25, -0.2) is 0 Å². The summed E-state index contributed by atoms with van der Waals surface area (Å²) >= 11 is 0. The van der Waals surface area contributed by atoms with E-state index in [9.17, 15) is 9.59 Å². The van der Waals surface area contributed by atoms with Crippen LogP contribution in [0.25, 0.3) is 0 Å². The number of nitrogens with zero attached hydrogens (tertiary/aromatic N) is 1. The molecule has 1 aromatic carbocycles. The van der Waals surface area contributed by atoms with Gasteiger partial charge in [0.05, 0.1) is 20.3 Å². The molecular formula is C25H33NO5. The third-order valence-electron chi connectivity index (χ3n) is 5.85. The lowest BCUT2D eigenvalue weighted by atomic mass is 9.67. The molecule has 168 valence electrons. The third-order valence-corrected chi connectivity index (χ3v) is 5.85. The van der Waals surface area contributed by atoms with Crippen molar-refractivity contribution in [2.75, 3.05) is 20.3 Å². The van der Waals surface area contributed by atoms with Gasteiger partial charge in [-0.2, -0.15) is 0 Å². The van der Waals surface area contributed by atoms with Crippen LogP contribution in [0.2, 0.25) is 0 Å². The first-order valence-electron chi connectivity index (χ1n) is 11.0. The molecule has 1 aliphatic heterocycles. The molecule has 0 radical (unpaired) electrons. The summed E-state index contributed by atoms with van der Waals surface area (Å²) in [5, 5.41) is 0. The number of methoxy groups -OCH3 is 1. The number of hydrogen-bond donors (Lipinski definition) is 0. The van der Waals surface area contributed by atoms with Crippen LogP contribution in [0, 0.1) is 11.3 Å². The molecular weight excluding hydrogens is 394 g/mol. The summed E-state index contributed by atoms with van der Waals surface area (Å²) in [7, 11) is 1.58. The molecule has 1 unspecified atom stereocenters. The number of carbonyl (C=O) groups excluding carboxylic acids is 2. The van der Waals surface area contributed by atoms with Crippen molar-refractivity contribution in [2.24, 2.45) is 16.3 Å². The molecule has 0 fully saturated rings. The maximum absolute atomic E-state index is 13.3. The van der Waals surface area contributed by atoms with Gasteiger partial charge < -0.3 is 14.2 Å². The van der Waals surface area contributed by atoms with Crippen LogP contribution in [0.5, 0.6) is 11.5 Å². The summed E-state index contributed by atoms with van der Waals surface area (Å²) in [5.41, 5.74) is 2.78. The van der Waals surface area contributed by atoms with Crippen molar-refractivity contribution in [1.82, 2.24) is 0 Å². The Bertz CT molecular complexity index is 928. The number of carbonyl (C=O) groups is 2. The van der Waals surface area contributed by atoms with E-state index in [1.165, 1.54) is 0 Å². The Morgan fingerprint density at radius 2 is 1.94 bits per heavy atom. The Morgan fingerprint density at radius 3 is 2.58 bits per heavy atom. The van der Waals surface area contributed by atoms with Crippen molar-refractivity contribution in [2.45, 2.75) is 59.8 Å². The quantitative estimate of drug-likeness (QED) is 0.581. The van der Waals surface area contributed by atoms with E-state index in [4.69, 9.17) is 19.2 Å². The predicted molar refractivity (Wildman–Crippen MR) is 120 cm³/mol. The highest BCUT2D eigenvalue weighted by molar-refractivity contribution is 6.09. The highest BCUT2D eigenvalue weighted by atomic mass is 16.5. The second-order valence-corrected chi connectivity index (χ2v) is 9.02. The first-order valence-corrected chi connectivity index (χ1v) is 11.0. The average Bonchev–Trinajstić information content (AvgIpc) is 2.70. The molecule has 6 heteroatoms. The first-order chi connectivity index (χ1) is 14.7. The molecule has 0 N–H and O–H groups in total. The smallest absolute Gasteiger partial charge is 0.315 e. The number of ketones is 1. The van der Waals surface area contributed by atoms with Gasteiger partial charge in [-0.15, -0.1) is 0 Å². The molecule has 0 saturated carbocycles. The highest BCUT2D eigenvalue weighted by Gasteiger charge is 2.46. The van der Waals surface area contributed by atoms with E-state index in [1.54, 1.807) is 7.11 Å². The second-order valence-electron chi connectivity index (χ2n) is 9.02. The Balaban J connectivity index is 2.15. The standard InChI is InChI=1S/C25H33NO5/c1-7-11-31-24(28)21-15(3)26-17-13-25(4,5)14-18(27)23(17)22(21)16-9-10-19(30-8-2)20(12-16)29-6/h9-10,12,21-22H,7-8,11,13-14H2,1-6H3/t21?,22-/m1/s1. The van der Waals surface area contributed by atoms with E-state index in [0.29, 0.717) is 48.8 Å². The normalized spacial score (nSPS) is 22.5. The minimum Gasteiger partial charge on any atom is -0.493 e. The third kappa shape index (κ3) is 4.68. The van der Waals surface area contributed by atoms with Crippen molar-refractivity contribution in [1.29, 1.82) is 0 Å². The number of Topliss-reactive ketones (excluding diaryl/α,β-unsaturated/α-hetero) is 1. The molecule has 31 heavy (non-hydrogen) atoms. The van der Waals surface area contributed by atoms with Gasteiger partial charge in [-0.3, -0.25) is 14.6 Å². The van der Waals surface area contributed by atoms with Crippen LogP contribution in [0.4, 0.5) is 0 Å². The van der Waals surface area contributed by atoms with Crippen molar-refractivity contribution in [3.8, 4) is 11.5 Å². The van der Waals surface area contributed by atoms with Crippen molar-refractivity contribution in [3.63, 3.8) is 0 Å². The molecule has 2 aliphatic rings. The first kappa shape index (κ1) is 23.0. The maximum Gasteiger partial charge on any atom is 0.315 e. The lowest BCUT2D eigenvalue weighted by Crippen LogP contribution is -2.39. The molecule has 0 aromatic heterocycles. The summed E-state index contributed by atoms with van der Waals surface area (Å²) in [6, 6.07) is 5.62. The SMILES string of the molecule is CCCOC(=O)C1C(C)=NC2=C(C(=O)CC(C)(C)C2)[C@@H]1c1ccc(OCC)c(OC)c1. The lowest BCUT2D eigenvalue weighted by Gasteiger charge is -2.39. The summed E-state index contributed by atoms with van der Waals surface area (Å²) in [6.07, 6.45) is 1.87. The van der Waals surface area contributed by atoms with Gasteiger partial charge >= 0.3 is 5.97 Å². The van der Waals surface area contributed by atoms with Gasteiger partial charge in [0.2, 0.25) is 0 Å². The van der Waals surface area contributed by atoms with Crippen molar-refractivity contribution < 1.29 is 23.8 Å². The number of allylic oxidation sites excluding steroid dienone is 2. The monoisotopic (exact) mass is 427 g/mol. The van der Waals surface area contributed by atoms with Gasteiger partial charge in [0.1, 0.15) is 5.92 Å². The number of esters is 1. The largest absolute Gasteiger partial charge is 0.493 e. The zero-order valence-corrected chi connectivity index (χ0v) is 19.4. The summed E-state index contributed by atoms with van der Waals surface area (Å²) < 4.78 is 16.7. The highest BCUT2D eigenvalue weighted by Crippen LogP contribution is 2.48. The van der Waals surface area contributed by atoms with Crippen molar-refractivity contribution >= 4 is 17.5 Å². The molecule has 6 nitrogen and oxygen atoms in total. The van der Waals surface area contributed by atoms with Crippen molar-refractivity contribution in [3.05, 3.63) is 35.0 Å². The second kappa shape index (κ2) is 9.25. The molecule has 0 bridgehead atoms. The molecule has 1 aromatic rings. The van der Waals surface area contributed by atoms with E-state index in [-0.39, 0.29) is 17.2 Å². The van der Waals surface area contributed by atoms with Crippen LogP contribution in [0.1, 0.15) is 65.4 Å². The minimum absolute atomic E-state index is 0.0497. The zero-order chi connectivity index (χ0) is 22.8. The van der Waals surface area contributed by atoms with E-state index in [2.05, 4.69) is 13.8 Å². The minimum atomic E-state index is -0.641. The van der Waals surface area contributed by atoms with Gasteiger partial charge in [-0.1, -0.05) is 26.8 Å². The Kier molecular flexibility index (Phi) is 6.87. The Morgan fingerprint density at radius 1 is 1.19 bits per heavy atom. The van der Waals surface area contributed by atoms with Gasteiger partial charge in [0.15, 0.2) is 17.3 Å². The van der Waals surface area contributed by atoms with Gasteiger partial charge in [0.25, 0.3) is 0 Å². The predicted octanol–water partition coefficient (Wildman–Crippen LogP) is 4.86. The van der Waals surface area contributed by atoms with Crippen LogP contribution in [-0.2, 0) is 14.3 Å². The number of aliphatic imine (C=N–C) groups is 1. The van der Waals surface area contributed by atoms with E-state index in [1.807, 2.05) is 39.0 Å². The van der Waals surface area contributed by atoms with Crippen LogP contribution in [0.3, 0.4) is 0 Å².